The van der Waals surface area contributed by atoms with E-state index in [0.29, 0.717) is 50.2 Å². The number of carbonyl (C=O) groups excluding carboxylic acids is 2. The predicted molar refractivity (Wildman–Crippen MR) is 256 cm³/mol. The smallest absolute Gasteiger partial charge is 0.657 e. The Labute approximate surface area is 384 Å². The van der Waals surface area contributed by atoms with Gasteiger partial charge in [-0.15, -0.1) is 22.1 Å². The van der Waals surface area contributed by atoms with Crippen LogP contribution in [0.3, 0.4) is 0 Å². The first-order valence-corrected chi connectivity index (χ1v) is 21.2. The molecule has 0 atom stereocenters. The van der Waals surface area contributed by atoms with Crippen molar-refractivity contribution in [2.24, 2.45) is 7.05 Å². The van der Waals surface area contributed by atoms with Gasteiger partial charge in [0.15, 0.2) is 11.6 Å². The van der Waals surface area contributed by atoms with E-state index in [2.05, 4.69) is 72.8 Å². The zero-order valence-corrected chi connectivity index (χ0v) is 35.8. The van der Waals surface area contributed by atoms with Crippen LogP contribution < -0.4 is 9.97 Å². The Bertz CT molecular complexity index is 3640. The summed E-state index contributed by atoms with van der Waals surface area (Å²) in [4.78, 5) is 50.8. The van der Waals surface area contributed by atoms with E-state index in [0.717, 1.165) is 72.6 Å². The topological polar surface area (TPSA) is 93.1 Å². The van der Waals surface area contributed by atoms with Crippen molar-refractivity contribution in [3.8, 4) is 55.8 Å². The Morgan fingerprint density at radius 2 is 0.800 bits per heavy atom. The van der Waals surface area contributed by atoms with E-state index >= 15 is 0 Å². The van der Waals surface area contributed by atoms with E-state index in [9.17, 15) is 9.59 Å². The minimum Gasteiger partial charge on any atom is -0.657 e. The molecule has 1 aliphatic carbocycles. The molecule has 0 radical (unpaired) electrons. The number of nitrogens with zero attached hydrogens (tertiary/aromatic N) is 5. The second kappa shape index (κ2) is 15.9. The van der Waals surface area contributed by atoms with Gasteiger partial charge in [-0.3, -0.25) is 9.59 Å². The van der Waals surface area contributed by atoms with E-state index in [1.807, 2.05) is 103 Å². The number of rotatable bonds is 5. The van der Waals surface area contributed by atoms with Gasteiger partial charge in [-0.05, 0) is 74.4 Å². The van der Waals surface area contributed by atoms with Crippen molar-refractivity contribution < 1.29 is 26.1 Å². The number of benzene rings is 5. The molecule has 8 bridgehead atoms. The molecule has 3 aliphatic rings. The van der Waals surface area contributed by atoms with Crippen LogP contribution in [0.15, 0.2) is 170 Å². The van der Waals surface area contributed by atoms with Crippen LogP contribution in [0.4, 0.5) is 0 Å². The average molecular weight is 881 g/mol. The molecule has 0 saturated heterocycles. The van der Waals surface area contributed by atoms with Gasteiger partial charge < -0.3 is 14.5 Å². The van der Waals surface area contributed by atoms with Crippen molar-refractivity contribution in [2.45, 2.75) is 0 Å². The van der Waals surface area contributed by atoms with Crippen LogP contribution in [0.25, 0.3) is 102 Å². The van der Waals surface area contributed by atoms with E-state index in [1.54, 1.807) is 30.5 Å². The SMILES string of the molecule is Cn1cc2c(c1-c1cc3[n-]c1c(-c1ccccc1)c1nc(c(-c4ccccc4)c4ccc([n-]4)c(-c4ccccc4)c4nc(c3-c3ccccc3)C=C4)C=C1)C(=O)c1ccccc1C2=O.[Ni+2]. The number of hydrogen-bond acceptors (Lipinski definition) is 4. The molecule has 310 valence electrons. The van der Waals surface area contributed by atoms with Gasteiger partial charge in [0.05, 0.1) is 39.6 Å². The summed E-state index contributed by atoms with van der Waals surface area (Å²) in [5, 5.41) is 0. The monoisotopic (exact) mass is 879 g/mol. The number of aryl methyl sites for hydroxylation is 1. The van der Waals surface area contributed by atoms with Gasteiger partial charge in [0.2, 0.25) is 0 Å². The van der Waals surface area contributed by atoms with Crippen molar-refractivity contribution >= 4 is 57.9 Å². The van der Waals surface area contributed by atoms with Crippen LogP contribution in [0.2, 0.25) is 0 Å². The summed E-state index contributed by atoms with van der Waals surface area (Å²) < 4.78 is 1.90. The van der Waals surface area contributed by atoms with Gasteiger partial charge >= 0.3 is 16.5 Å². The maximum absolute atomic E-state index is 14.7. The Morgan fingerprint density at radius 3 is 1.28 bits per heavy atom. The van der Waals surface area contributed by atoms with Crippen LogP contribution >= 0.6 is 0 Å². The molecule has 4 aromatic heterocycles. The third kappa shape index (κ3) is 6.49. The van der Waals surface area contributed by atoms with Gasteiger partial charge in [-0.1, -0.05) is 164 Å². The van der Waals surface area contributed by atoms with Crippen molar-refractivity contribution in [2.75, 3.05) is 0 Å². The maximum atomic E-state index is 14.7. The van der Waals surface area contributed by atoms with Crippen LogP contribution in [-0.4, -0.2) is 26.1 Å². The first kappa shape index (κ1) is 39.6. The van der Waals surface area contributed by atoms with E-state index in [1.165, 1.54) is 0 Å². The molecule has 0 fully saturated rings. The molecule has 0 amide bonds. The molecule has 0 N–H and O–H groups in total. The largest absolute Gasteiger partial charge is 2.00 e. The number of ketones is 2. The Kier molecular flexibility index (Phi) is 9.68. The van der Waals surface area contributed by atoms with Crippen molar-refractivity contribution in [3.05, 3.63) is 215 Å². The summed E-state index contributed by atoms with van der Waals surface area (Å²) in [6, 6.07) is 54.0. The van der Waals surface area contributed by atoms with Gasteiger partial charge in [-0.25, -0.2) is 9.97 Å². The summed E-state index contributed by atoms with van der Waals surface area (Å²) in [6.07, 6.45) is 9.98. The molecule has 6 heterocycles. The molecule has 0 spiro atoms. The summed E-state index contributed by atoms with van der Waals surface area (Å²) in [7, 11) is 1.89. The third-order valence-corrected chi connectivity index (χ3v) is 12.3. The predicted octanol–water partition coefficient (Wildman–Crippen LogP) is 12.4. The molecule has 7 nitrogen and oxygen atoms in total. The fraction of sp³-hybridized carbons (Fsp3) is 0.0175. The molecule has 9 aromatic rings. The van der Waals surface area contributed by atoms with Crippen molar-refractivity contribution in [1.29, 1.82) is 0 Å². The normalized spacial score (nSPS) is 12.5. The first-order valence-electron chi connectivity index (χ1n) is 21.2. The molecule has 0 unspecified atom stereocenters. The summed E-state index contributed by atoms with van der Waals surface area (Å²) >= 11 is 0. The molecule has 2 aliphatic heterocycles. The minimum absolute atomic E-state index is 0. The molecule has 5 aromatic carbocycles. The van der Waals surface area contributed by atoms with Crippen molar-refractivity contribution in [3.63, 3.8) is 0 Å². The minimum atomic E-state index is -0.204. The Balaban J connectivity index is 0.00000469. The fourth-order valence-corrected chi connectivity index (χ4v) is 9.46. The molecule has 0 saturated carbocycles. The van der Waals surface area contributed by atoms with Gasteiger partial charge in [0.25, 0.3) is 0 Å². The molecular weight excluding hydrogens is 845 g/mol. The molecule has 12 rings (SSSR count). The molecule has 65 heavy (non-hydrogen) atoms. The maximum Gasteiger partial charge on any atom is 2.00 e. The number of hydrogen-bond donors (Lipinski definition) is 0. The van der Waals surface area contributed by atoms with Crippen LogP contribution in [0.1, 0.15) is 54.6 Å². The number of aromatic nitrogens is 5. The Morgan fingerprint density at radius 1 is 0.400 bits per heavy atom. The fourth-order valence-electron chi connectivity index (χ4n) is 9.46. The molecular formula is C57H35N5NiO2. The number of carbonyl (C=O) groups is 2. The quantitative estimate of drug-likeness (QED) is 0.160. The van der Waals surface area contributed by atoms with Crippen molar-refractivity contribution in [1.82, 2.24) is 24.5 Å². The summed E-state index contributed by atoms with van der Waals surface area (Å²) in [6.45, 7) is 0. The van der Waals surface area contributed by atoms with Gasteiger partial charge in [0, 0.05) is 24.4 Å². The van der Waals surface area contributed by atoms with Gasteiger partial charge in [0.1, 0.15) is 0 Å². The zero-order chi connectivity index (χ0) is 42.9. The third-order valence-electron chi connectivity index (χ3n) is 12.3. The summed E-state index contributed by atoms with van der Waals surface area (Å²) in [5.41, 5.74) is 15.7. The van der Waals surface area contributed by atoms with Crippen LogP contribution in [0, 0.1) is 0 Å². The number of fused-ring (bicyclic) bond motifs is 10. The van der Waals surface area contributed by atoms with E-state index in [-0.39, 0.29) is 28.1 Å². The zero-order valence-electron chi connectivity index (χ0n) is 34.8. The van der Waals surface area contributed by atoms with Crippen LogP contribution in [-0.2, 0) is 23.5 Å². The van der Waals surface area contributed by atoms with E-state index < -0.39 is 0 Å². The van der Waals surface area contributed by atoms with E-state index in [4.69, 9.17) is 19.9 Å². The standard InChI is InChI=1S/C57H37N5O2.Ni/c1-62-33-41-53(57(64)39-25-15-14-24-38(39)56(41)63)55(62)40-32-48-51(36-20-10-4-11-21-36)46-29-28-44(59-46)49(34-16-6-2-7-17-34)42-26-27-43(58-42)50(35-18-8-3-9-19-35)45-30-31-47(60-45)52(54(40)61-48)37-22-12-5-13-23-37;/h2-33H,1H3,(H2,58,59,60,61,63,64);/q;+2/p-2. The molecule has 8 heteroatoms. The first-order chi connectivity index (χ1) is 31.5. The van der Waals surface area contributed by atoms with Crippen LogP contribution in [0.5, 0.6) is 0 Å². The summed E-state index contributed by atoms with van der Waals surface area (Å²) in [5.74, 6) is -0.387. The Hall–Kier alpha value is -8.19. The average Bonchev–Trinajstić information content (AvgIpc) is 4.21. The second-order valence-electron chi connectivity index (χ2n) is 16.1. The van der Waals surface area contributed by atoms with Gasteiger partial charge in [-0.2, -0.15) is 0 Å². The second-order valence-corrected chi connectivity index (χ2v) is 16.1.